The van der Waals surface area contributed by atoms with Crippen molar-refractivity contribution in [3.05, 3.63) is 0 Å². The Morgan fingerprint density at radius 1 is 0.500 bits per heavy atom. The van der Waals surface area contributed by atoms with Gasteiger partial charge in [0.25, 0.3) is 0 Å². The van der Waals surface area contributed by atoms with Crippen LogP contribution >= 0.6 is 0 Å². The van der Waals surface area contributed by atoms with Crippen molar-refractivity contribution < 1.29 is 30.6 Å². The van der Waals surface area contributed by atoms with E-state index in [4.69, 9.17) is 20.4 Å². The van der Waals surface area contributed by atoms with Crippen LogP contribution in [-0.2, 0) is 0 Å². The van der Waals surface area contributed by atoms with Crippen LogP contribution in [0, 0.1) is 0 Å². The fourth-order valence-corrected chi connectivity index (χ4v) is 1.69. The van der Waals surface area contributed by atoms with E-state index in [-0.39, 0.29) is 0 Å². The van der Waals surface area contributed by atoms with Gasteiger partial charge in [0.2, 0.25) is 0 Å². The standard InChI is InChI=1S/C12H26O6/c13-7-11(17)9(15)5-3-1-2-4-6-10(16)12(18)8-14/h9-18H,1-8H2. The average molecular weight is 266 g/mol. The molecule has 0 aromatic carbocycles. The number of hydrogen-bond acceptors (Lipinski definition) is 6. The lowest BCUT2D eigenvalue weighted by molar-refractivity contribution is -0.0202. The van der Waals surface area contributed by atoms with Crippen molar-refractivity contribution in [2.75, 3.05) is 13.2 Å². The smallest absolute Gasteiger partial charge is 0.103 e. The van der Waals surface area contributed by atoms with E-state index in [2.05, 4.69) is 0 Å². The van der Waals surface area contributed by atoms with Crippen molar-refractivity contribution in [1.82, 2.24) is 0 Å². The summed E-state index contributed by atoms with van der Waals surface area (Å²) in [6.07, 6.45) is 0.0847. The maximum Gasteiger partial charge on any atom is 0.103 e. The molecule has 4 unspecified atom stereocenters. The summed E-state index contributed by atoms with van der Waals surface area (Å²) in [5.41, 5.74) is 0. The fraction of sp³-hybridized carbons (Fsp3) is 1.00. The van der Waals surface area contributed by atoms with Gasteiger partial charge in [0.15, 0.2) is 0 Å². The van der Waals surface area contributed by atoms with Crippen LogP contribution in [0.3, 0.4) is 0 Å². The maximum atomic E-state index is 9.36. The third-order valence-corrected chi connectivity index (χ3v) is 3.01. The van der Waals surface area contributed by atoms with E-state index in [9.17, 15) is 10.2 Å². The summed E-state index contributed by atoms with van der Waals surface area (Å²) in [5, 5.41) is 54.1. The number of aliphatic hydroxyl groups is 6. The first kappa shape index (κ1) is 17.8. The summed E-state index contributed by atoms with van der Waals surface area (Å²) in [5.74, 6) is 0. The van der Waals surface area contributed by atoms with Gasteiger partial charge in [0.05, 0.1) is 25.4 Å². The molecular weight excluding hydrogens is 240 g/mol. The number of aliphatic hydroxyl groups excluding tert-OH is 6. The summed E-state index contributed by atoms with van der Waals surface area (Å²) >= 11 is 0. The van der Waals surface area contributed by atoms with Crippen molar-refractivity contribution in [3.8, 4) is 0 Å². The molecule has 0 saturated carbocycles. The zero-order chi connectivity index (χ0) is 14.0. The first-order valence-electron chi connectivity index (χ1n) is 6.46. The molecule has 0 fully saturated rings. The molecule has 18 heavy (non-hydrogen) atoms. The third-order valence-electron chi connectivity index (χ3n) is 3.01. The molecule has 0 saturated heterocycles. The van der Waals surface area contributed by atoms with Crippen molar-refractivity contribution in [1.29, 1.82) is 0 Å². The monoisotopic (exact) mass is 266 g/mol. The van der Waals surface area contributed by atoms with Gasteiger partial charge in [-0.1, -0.05) is 25.7 Å². The Kier molecular flexibility index (Phi) is 10.5. The lowest BCUT2D eigenvalue weighted by Gasteiger charge is -2.16. The maximum absolute atomic E-state index is 9.36. The molecule has 0 aliphatic rings. The molecule has 0 amide bonds. The van der Waals surface area contributed by atoms with E-state index in [1.165, 1.54) is 0 Å². The van der Waals surface area contributed by atoms with Gasteiger partial charge in [0.1, 0.15) is 12.2 Å². The molecule has 0 spiro atoms. The van der Waals surface area contributed by atoms with E-state index in [0.29, 0.717) is 12.8 Å². The van der Waals surface area contributed by atoms with E-state index >= 15 is 0 Å². The molecule has 6 nitrogen and oxygen atoms in total. The van der Waals surface area contributed by atoms with E-state index in [1.54, 1.807) is 0 Å². The number of hydrogen-bond donors (Lipinski definition) is 6. The molecule has 110 valence electrons. The first-order valence-corrected chi connectivity index (χ1v) is 6.46. The summed E-state index contributed by atoms with van der Waals surface area (Å²) in [7, 11) is 0. The van der Waals surface area contributed by atoms with Crippen molar-refractivity contribution in [3.63, 3.8) is 0 Å². The molecule has 6 heteroatoms. The predicted octanol–water partition coefficient (Wildman–Crippen LogP) is -1.24. The second-order valence-electron chi connectivity index (χ2n) is 4.63. The lowest BCUT2D eigenvalue weighted by Crippen LogP contribution is -2.29. The number of unbranched alkanes of at least 4 members (excludes halogenated alkanes) is 3. The van der Waals surface area contributed by atoms with Crippen molar-refractivity contribution in [2.45, 2.75) is 62.9 Å². The normalized spacial score (nSPS) is 18.3. The Labute approximate surface area is 108 Å². The summed E-state index contributed by atoms with van der Waals surface area (Å²) in [6, 6.07) is 0. The topological polar surface area (TPSA) is 121 Å². The molecule has 0 aromatic heterocycles. The molecular formula is C12H26O6. The SMILES string of the molecule is OCC(O)C(O)CCCCCCC(O)C(O)CO. The molecule has 0 bridgehead atoms. The minimum Gasteiger partial charge on any atom is -0.394 e. The van der Waals surface area contributed by atoms with Gasteiger partial charge in [-0.05, 0) is 12.8 Å². The molecule has 4 atom stereocenters. The third kappa shape index (κ3) is 7.97. The molecule has 0 aliphatic carbocycles. The van der Waals surface area contributed by atoms with Crippen LogP contribution in [0.1, 0.15) is 38.5 Å². The highest BCUT2D eigenvalue weighted by Crippen LogP contribution is 2.11. The van der Waals surface area contributed by atoms with Gasteiger partial charge in [-0.3, -0.25) is 0 Å². The highest BCUT2D eigenvalue weighted by Gasteiger charge is 2.15. The van der Waals surface area contributed by atoms with Crippen LogP contribution in [0.15, 0.2) is 0 Å². The van der Waals surface area contributed by atoms with E-state index in [1.807, 2.05) is 0 Å². The van der Waals surface area contributed by atoms with Gasteiger partial charge >= 0.3 is 0 Å². The van der Waals surface area contributed by atoms with Gasteiger partial charge < -0.3 is 30.6 Å². The molecule has 0 heterocycles. The van der Waals surface area contributed by atoms with E-state index < -0.39 is 37.6 Å². The van der Waals surface area contributed by atoms with Crippen LogP contribution in [-0.4, -0.2) is 68.3 Å². The van der Waals surface area contributed by atoms with Crippen molar-refractivity contribution >= 4 is 0 Å². The first-order chi connectivity index (χ1) is 8.52. The Morgan fingerprint density at radius 3 is 1.11 bits per heavy atom. The Bertz CT molecular complexity index is 169. The summed E-state index contributed by atoms with van der Waals surface area (Å²) in [6.45, 7) is -0.876. The molecule has 0 rings (SSSR count). The van der Waals surface area contributed by atoms with Crippen molar-refractivity contribution in [2.24, 2.45) is 0 Å². The van der Waals surface area contributed by atoms with Crippen LogP contribution < -0.4 is 0 Å². The Hall–Kier alpha value is -0.240. The highest BCUT2D eigenvalue weighted by molar-refractivity contribution is 4.67. The average Bonchev–Trinajstić information content (AvgIpc) is 2.39. The zero-order valence-corrected chi connectivity index (χ0v) is 10.6. The van der Waals surface area contributed by atoms with Crippen LogP contribution in [0.5, 0.6) is 0 Å². The van der Waals surface area contributed by atoms with Gasteiger partial charge in [-0.25, -0.2) is 0 Å². The largest absolute Gasteiger partial charge is 0.394 e. The predicted molar refractivity (Wildman–Crippen MR) is 65.9 cm³/mol. The molecule has 0 radical (unpaired) electrons. The van der Waals surface area contributed by atoms with Gasteiger partial charge in [-0.2, -0.15) is 0 Å². The minimum atomic E-state index is -1.08. The number of rotatable bonds is 11. The van der Waals surface area contributed by atoms with E-state index in [0.717, 1.165) is 25.7 Å². The van der Waals surface area contributed by atoms with Gasteiger partial charge in [-0.15, -0.1) is 0 Å². The zero-order valence-electron chi connectivity index (χ0n) is 10.6. The second kappa shape index (κ2) is 10.7. The Balaban J connectivity index is 3.41. The minimum absolute atomic E-state index is 0.434. The fourth-order valence-electron chi connectivity index (χ4n) is 1.69. The summed E-state index contributed by atoms with van der Waals surface area (Å²) < 4.78 is 0. The second-order valence-corrected chi connectivity index (χ2v) is 4.63. The van der Waals surface area contributed by atoms with Crippen LogP contribution in [0.25, 0.3) is 0 Å². The molecule has 0 aliphatic heterocycles. The lowest BCUT2D eigenvalue weighted by atomic mass is 10.0. The summed E-state index contributed by atoms with van der Waals surface area (Å²) in [4.78, 5) is 0. The van der Waals surface area contributed by atoms with Gasteiger partial charge in [0, 0.05) is 0 Å². The molecule has 0 aromatic rings. The Morgan fingerprint density at radius 2 is 0.833 bits per heavy atom. The van der Waals surface area contributed by atoms with Crippen LogP contribution in [0.4, 0.5) is 0 Å². The quantitative estimate of drug-likeness (QED) is 0.260. The highest BCUT2D eigenvalue weighted by atomic mass is 16.4. The van der Waals surface area contributed by atoms with Crippen LogP contribution in [0.2, 0.25) is 0 Å². The molecule has 6 N–H and O–H groups in total.